The minimum absolute atomic E-state index is 0.356. The van der Waals surface area contributed by atoms with E-state index < -0.39 is 6.10 Å². The Labute approximate surface area is 138 Å². The molecule has 2 rings (SSSR count). The normalized spacial score (nSPS) is 12.3. The van der Waals surface area contributed by atoms with Crippen LogP contribution in [0, 0.1) is 0 Å². The molecule has 0 aliphatic carbocycles. The second-order valence-corrected chi connectivity index (χ2v) is 5.25. The number of amides is 1. The Kier molecular flexibility index (Phi) is 5.95. The van der Waals surface area contributed by atoms with Crippen LogP contribution in [0.5, 0.6) is 0 Å². The lowest BCUT2D eigenvalue weighted by Gasteiger charge is -2.13. The summed E-state index contributed by atoms with van der Waals surface area (Å²) in [7, 11) is 1.47. The highest BCUT2D eigenvalue weighted by atomic mass is 35.5. The fourth-order valence-corrected chi connectivity index (χ4v) is 2.15. The van der Waals surface area contributed by atoms with Gasteiger partial charge in [-0.1, -0.05) is 59.6 Å². The largest absolute Gasteiger partial charge is 0.367 e. The number of methoxy groups -OCH3 is 1. The fourth-order valence-electron chi connectivity index (χ4n) is 1.84. The maximum atomic E-state index is 12.1. The predicted octanol–water partition coefficient (Wildman–Crippen LogP) is 3.83. The maximum absolute atomic E-state index is 12.1. The van der Waals surface area contributed by atoms with Gasteiger partial charge >= 0.3 is 0 Å². The van der Waals surface area contributed by atoms with Crippen molar-refractivity contribution < 1.29 is 9.53 Å². The molecule has 0 spiro atoms. The van der Waals surface area contributed by atoms with E-state index in [9.17, 15) is 4.79 Å². The second-order valence-electron chi connectivity index (χ2n) is 4.43. The number of benzene rings is 2. The van der Waals surface area contributed by atoms with Gasteiger partial charge < -0.3 is 4.74 Å². The van der Waals surface area contributed by atoms with E-state index in [1.165, 1.54) is 13.3 Å². The summed E-state index contributed by atoms with van der Waals surface area (Å²) in [6.07, 6.45) is 0.768. The van der Waals surface area contributed by atoms with Gasteiger partial charge in [0.05, 0.1) is 16.3 Å². The van der Waals surface area contributed by atoms with Crippen molar-refractivity contribution in [2.75, 3.05) is 7.11 Å². The first-order valence-corrected chi connectivity index (χ1v) is 7.23. The van der Waals surface area contributed by atoms with Crippen molar-refractivity contribution in [2.24, 2.45) is 5.10 Å². The van der Waals surface area contributed by atoms with Crippen LogP contribution in [0.15, 0.2) is 53.6 Å². The van der Waals surface area contributed by atoms with E-state index in [1.807, 2.05) is 30.3 Å². The molecule has 0 heterocycles. The standard InChI is InChI=1S/C16H14Cl2N2O2/c1-22-15(12-5-3-2-4-6-12)16(21)20-19-10-11-7-8-13(17)14(18)9-11/h2-10,15H,1H3,(H,20,21)/b19-10-/t15-/m1/s1. The van der Waals surface area contributed by atoms with Gasteiger partial charge in [-0.25, -0.2) is 5.43 Å². The van der Waals surface area contributed by atoms with E-state index in [4.69, 9.17) is 27.9 Å². The summed E-state index contributed by atoms with van der Waals surface area (Å²) in [5.41, 5.74) is 3.93. The molecule has 0 saturated heterocycles. The topological polar surface area (TPSA) is 50.7 Å². The lowest BCUT2D eigenvalue weighted by atomic mass is 10.1. The van der Waals surface area contributed by atoms with E-state index in [-0.39, 0.29) is 5.91 Å². The highest BCUT2D eigenvalue weighted by molar-refractivity contribution is 6.42. The first-order chi connectivity index (χ1) is 10.6. The summed E-state index contributed by atoms with van der Waals surface area (Å²) in [6.45, 7) is 0. The molecule has 0 aromatic heterocycles. The Morgan fingerprint density at radius 2 is 1.91 bits per heavy atom. The zero-order valence-corrected chi connectivity index (χ0v) is 13.3. The number of nitrogens with one attached hydrogen (secondary N) is 1. The molecule has 1 atom stereocenters. The Hall–Kier alpha value is -1.88. The molecule has 0 aliphatic heterocycles. The molecule has 114 valence electrons. The van der Waals surface area contributed by atoms with Gasteiger partial charge in [0, 0.05) is 7.11 Å². The van der Waals surface area contributed by atoms with E-state index in [0.717, 1.165) is 11.1 Å². The predicted molar refractivity (Wildman–Crippen MR) is 88.4 cm³/mol. The highest BCUT2D eigenvalue weighted by Crippen LogP contribution is 2.21. The molecule has 0 unspecified atom stereocenters. The van der Waals surface area contributed by atoms with Gasteiger partial charge in [0.25, 0.3) is 5.91 Å². The van der Waals surface area contributed by atoms with E-state index in [0.29, 0.717) is 10.0 Å². The van der Waals surface area contributed by atoms with E-state index in [2.05, 4.69) is 10.5 Å². The average molecular weight is 337 g/mol. The molecular weight excluding hydrogens is 323 g/mol. The Bertz CT molecular complexity index is 675. The van der Waals surface area contributed by atoms with Gasteiger partial charge in [0.15, 0.2) is 6.10 Å². The third-order valence-corrected chi connectivity index (χ3v) is 3.65. The number of carbonyl (C=O) groups is 1. The molecule has 1 N–H and O–H groups in total. The van der Waals surface area contributed by atoms with Crippen LogP contribution in [0.2, 0.25) is 10.0 Å². The third-order valence-electron chi connectivity index (χ3n) is 2.91. The van der Waals surface area contributed by atoms with Crippen LogP contribution in [0.25, 0.3) is 0 Å². The zero-order chi connectivity index (χ0) is 15.9. The molecule has 2 aromatic carbocycles. The molecule has 0 radical (unpaired) electrons. The molecule has 2 aromatic rings. The van der Waals surface area contributed by atoms with Crippen LogP contribution in [0.3, 0.4) is 0 Å². The van der Waals surface area contributed by atoms with Crippen LogP contribution in [0.4, 0.5) is 0 Å². The summed E-state index contributed by atoms with van der Waals surface area (Å²) >= 11 is 11.7. The summed E-state index contributed by atoms with van der Waals surface area (Å²) in [4.78, 5) is 12.1. The quantitative estimate of drug-likeness (QED) is 0.666. The van der Waals surface area contributed by atoms with Crippen molar-refractivity contribution in [1.29, 1.82) is 0 Å². The number of hydrogen-bond donors (Lipinski definition) is 1. The van der Waals surface area contributed by atoms with Gasteiger partial charge in [-0.15, -0.1) is 0 Å². The molecule has 0 bridgehead atoms. The van der Waals surface area contributed by atoms with Crippen LogP contribution >= 0.6 is 23.2 Å². The summed E-state index contributed by atoms with van der Waals surface area (Å²) in [6, 6.07) is 14.2. The molecule has 0 fully saturated rings. The van der Waals surface area contributed by atoms with Crippen LogP contribution < -0.4 is 5.43 Å². The van der Waals surface area contributed by atoms with Crippen LogP contribution in [0.1, 0.15) is 17.2 Å². The van der Waals surface area contributed by atoms with Crippen molar-refractivity contribution in [3.8, 4) is 0 Å². The Balaban J connectivity index is 2.02. The van der Waals surface area contributed by atoms with Crippen molar-refractivity contribution in [3.63, 3.8) is 0 Å². The van der Waals surface area contributed by atoms with Crippen molar-refractivity contribution in [1.82, 2.24) is 5.43 Å². The minimum Gasteiger partial charge on any atom is -0.367 e. The lowest BCUT2D eigenvalue weighted by Crippen LogP contribution is -2.26. The summed E-state index contributed by atoms with van der Waals surface area (Å²) in [5, 5.41) is 4.79. The SMILES string of the molecule is CO[C@@H](C(=O)N/N=C\c1ccc(Cl)c(Cl)c1)c1ccccc1. The number of halogens is 2. The lowest BCUT2D eigenvalue weighted by molar-refractivity contribution is -0.131. The maximum Gasteiger partial charge on any atom is 0.273 e. The van der Waals surface area contributed by atoms with E-state index >= 15 is 0 Å². The van der Waals surface area contributed by atoms with Gasteiger partial charge in [0.2, 0.25) is 0 Å². The monoisotopic (exact) mass is 336 g/mol. The summed E-state index contributed by atoms with van der Waals surface area (Å²) in [5.74, 6) is -0.356. The zero-order valence-electron chi connectivity index (χ0n) is 11.8. The number of rotatable bonds is 5. The highest BCUT2D eigenvalue weighted by Gasteiger charge is 2.18. The van der Waals surface area contributed by atoms with Crippen molar-refractivity contribution in [2.45, 2.75) is 6.10 Å². The minimum atomic E-state index is -0.716. The smallest absolute Gasteiger partial charge is 0.273 e. The average Bonchev–Trinajstić information content (AvgIpc) is 2.52. The van der Waals surface area contributed by atoms with Crippen molar-refractivity contribution >= 4 is 35.3 Å². The molecular formula is C16H14Cl2N2O2. The first-order valence-electron chi connectivity index (χ1n) is 6.47. The Morgan fingerprint density at radius 1 is 1.18 bits per heavy atom. The number of ether oxygens (including phenoxy) is 1. The number of nitrogens with zero attached hydrogens (tertiary/aromatic N) is 1. The molecule has 0 saturated carbocycles. The number of hydrazone groups is 1. The van der Waals surface area contributed by atoms with Crippen LogP contribution in [-0.2, 0) is 9.53 Å². The van der Waals surface area contributed by atoms with Gasteiger partial charge in [-0.3, -0.25) is 4.79 Å². The van der Waals surface area contributed by atoms with Gasteiger partial charge in [0.1, 0.15) is 0 Å². The fraction of sp³-hybridized carbons (Fsp3) is 0.125. The van der Waals surface area contributed by atoms with Gasteiger partial charge in [-0.2, -0.15) is 5.10 Å². The van der Waals surface area contributed by atoms with Crippen molar-refractivity contribution in [3.05, 3.63) is 69.7 Å². The number of carbonyl (C=O) groups excluding carboxylic acids is 1. The molecule has 1 amide bonds. The molecule has 0 aliphatic rings. The Morgan fingerprint density at radius 3 is 2.55 bits per heavy atom. The van der Waals surface area contributed by atoms with Crippen LogP contribution in [-0.4, -0.2) is 19.2 Å². The molecule has 22 heavy (non-hydrogen) atoms. The first kappa shape index (κ1) is 16.5. The van der Waals surface area contributed by atoms with E-state index in [1.54, 1.807) is 18.2 Å². The summed E-state index contributed by atoms with van der Waals surface area (Å²) < 4.78 is 5.21. The second kappa shape index (κ2) is 7.94. The molecule has 4 nitrogen and oxygen atoms in total. The number of hydrogen-bond acceptors (Lipinski definition) is 3. The molecule has 6 heteroatoms. The third kappa shape index (κ3) is 4.31. The van der Waals surface area contributed by atoms with Gasteiger partial charge in [-0.05, 0) is 23.3 Å².